The topological polar surface area (TPSA) is 71.8 Å². The molecule has 1 aliphatic rings. The van der Waals surface area contributed by atoms with E-state index in [9.17, 15) is 4.39 Å². The zero-order valence-corrected chi connectivity index (χ0v) is 19.6. The molecule has 1 fully saturated rings. The molecule has 2 aromatic heterocycles. The fraction of sp³-hybridized carbons (Fsp3) is 0.269. The minimum absolute atomic E-state index is 0.183. The average molecular weight is 473 g/mol. The van der Waals surface area contributed by atoms with Crippen LogP contribution in [0.2, 0.25) is 0 Å². The molecule has 0 bridgehead atoms. The summed E-state index contributed by atoms with van der Waals surface area (Å²) in [5.41, 5.74) is 3.78. The number of rotatable bonds is 7. The summed E-state index contributed by atoms with van der Waals surface area (Å²) in [5, 5.41) is 10.6. The maximum absolute atomic E-state index is 13.6. The number of nitrogens with zero attached hydrogens (tertiary/aromatic N) is 5. The summed E-state index contributed by atoms with van der Waals surface area (Å²) in [6, 6.07) is 17.0. The quantitative estimate of drug-likeness (QED) is 0.387. The Hall–Kier alpha value is -3.41. The number of aromatic nitrogens is 3. The molecule has 5 rings (SSSR count). The fourth-order valence-corrected chi connectivity index (χ4v) is 5.10. The van der Waals surface area contributed by atoms with Gasteiger partial charge < -0.3 is 9.88 Å². The molecule has 3 heterocycles. The summed E-state index contributed by atoms with van der Waals surface area (Å²) >= 11 is 1.46. The molecule has 172 valence electrons. The number of hydrogen-bond acceptors (Lipinski definition) is 6. The second kappa shape index (κ2) is 10.2. The molecule has 34 heavy (non-hydrogen) atoms. The van der Waals surface area contributed by atoms with E-state index in [1.54, 1.807) is 24.4 Å². The Morgan fingerprint density at radius 3 is 2.68 bits per heavy atom. The van der Waals surface area contributed by atoms with Crippen LogP contribution in [0.4, 0.5) is 10.1 Å². The highest BCUT2D eigenvalue weighted by Crippen LogP contribution is 2.27. The van der Waals surface area contributed by atoms with Crippen molar-refractivity contribution in [2.45, 2.75) is 22.9 Å². The molecule has 1 N–H and O–H groups in total. The van der Waals surface area contributed by atoms with Crippen LogP contribution in [0.3, 0.4) is 0 Å². The molecule has 1 saturated heterocycles. The van der Waals surface area contributed by atoms with Crippen molar-refractivity contribution in [2.24, 2.45) is 0 Å². The predicted molar refractivity (Wildman–Crippen MR) is 133 cm³/mol. The number of fused-ring (bicyclic) bond motifs is 1. The number of hydrogen-bond donors (Lipinski definition) is 1. The van der Waals surface area contributed by atoms with E-state index in [0.29, 0.717) is 10.9 Å². The average Bonchev–Trinajstić information content (AvgIpc) is 3.27. The number of nitriles is 1. The highest BCUT2D eigenvalue weighted by molar-refractivity contribution is 7.99. The van der Waals surface area contributed by atoms with Crippen LogP contribution in [-0.2, 0) is 6.42 Å². The first-order valence-electron chi connectivity index (χ1n) is 11.4. The Balaban J connectivity index is 1.09. The molecule has 2 aromatic carbocycles. The van der Waals surface area contributed by atoms with E-state index >= 15 is 0 Å². The SMILES string of the molecule is N#Cc1ccnc(Sc2ccc(N3CCN(CCCc4c[nH]c5ccc(F)cc45)CC3)cc2)n1. The highest BCUT2D eigenvalue weighted by Gasteiger charge is 2.17. The van der Waals surface area contributed by atoms with Crippen LogP contribution in [-0.4, -0.2) is 52.6 Å². The standard InChI is InChI=1S/C26H25FN6S/c27-20-3-8-25-24(16-20)19(18-30-25)2-1-11-32-12-14-33(15-13-32)22-4-6-23(7-5-22)34-26-29-10-9-21(17-28)31-26/h3-10,16,18,30H,1-2,11-15H2. The van der Waals surface area contributed by atoms with E-state index < -0.39 is 0 Å². The second-order valence-electron chi connectivity index (χ2n) is 8.37. The number of aryl methyl sites for hydroxylation is 1. The summed E-state index contributed by atoms with van der Waals surface area (Å²) in [7, 11) is 0. The molecule has 4 aromatic rings. The Morgan fingerprint density at radius 1 is 1.06 bits per heavy atom. The molecular formula is C26H25FN6S. The molecule has 0 aliphatic carbocycles. The zero-order valence-electron chi connectivity index (χ0n) is 18.7. The van der Waals surface area contributed by atoms with Gasteiger partial charge in [-0.3, -0.25) is 4.90 Å². The highest BCUT2D eigenvalue weighted by atomic mass is 32.2. The Morgan fingerprint density at radius 2 is 1.88 bits per heavy atom. The van der Waals surface area contributed by atoms with Crippen molar-refractivity contribution in [3.05, 3.63) is 78.0 Å². The van der Waals surface area contributed by atoms with Gasteiger partial charge in [0.15, 0.2) is 5.16 Å². The third kappa shape index (κ3) is 5.22. The van der Waals surface area contributed by atoms with Gasteiger partial charge in [-0.25, -0.2) is 14.4 Å². The number of benzene rings is 2. The molecule has 0 unspecified atom stereocenters. The molecule has 0 saturated carbocycles. The van der Waals surface area contributed by atoms with E-state index in [0.717, 1.165) is 61.4 Å². The van der Waals surface area contributed by atoms with Gasteiger partial charge in [0.25, 0.3) is 0 Å². The van der Waals surface area contributed by atoms with Gasteiger partial charge in [0.2, 0.25) is 0 Å². The van der Waals surface area contributed by atoms with Crippen LogP contribution in [0.25, 0.3) is 10.9 Å². The Kier molecular flexibility index (Phi) is 6.74. The molecule has 0 spiro atoms. The van der Waals surface area contributed by atoms with Crippen molar-refractivity contribution in [1.82, 2.24) is 19.9 Å². The number of nitrogens with one attached hydrogen (secondary N) is 1. The Bertz CT molecular complexity index is 1310. The van der Waals surface area contributed by atoms with Crippen molar-refractivity contribution in [3.8, 4) is 6.07 Å². The van der Waals surface area contributed by atoms with Gasteiger partial charge >= 0.3 is 0 Å². The number of aromatic amines is 1. The Labute approximate surface area is 202 Å². The summed E-state index contributed by atoms with van der Waals surface area (Å²) in [6.45, 7) is 5.12. The third-order valence-corrected chi connectivity index (χ3v) is 7.07. The number of piperazine rings is 1. The first-order chi connectivity index (χ1) is 16.7. The summed E-state index contributed by atoms with van der Waals surface area (Å²) in [4.78, 5) is 17.7. The summed E-state index contributed by atoms with van der Waals surface area (Å²) < 4.78 is 13.6. The van der Waals surface area contributed by atoms with Crippen LogP contribution in [0.5, 0.6) is 0 Å². The van der Waals surface area contributed by atoms with Crippen molar-refractivity contribution in [1.29, 1.82) is 5.26 Å². The third-order valence-electron chi connectivity index (χ3n) is 6.18. The van der Waals surface area contributed by atoms with E-state index in [1.807, 2.05) is 12.3 Å². The van der Waals surface area contributed by atoms with E-state index in [1.165, 1.54) is 29.1 Å². The largest absolute Gasteiger partial charge is 0.369 e. The van der Waals surface area contributed by atoms with Crippen LogP contribution < -0.4 is 4.90 Å². The molecule has 0 atom stereocenters. The van der Waals surface area contributed by atoms with Crippen molar-refractivity contribution >= 4 is 28.4 Å². The number of H-pyrrole nitrogens is 1. The van der Waals surface area contributed by atoms with Crippen LogP contribution >= 0.6 is 11.8 Å². The normalized spacial score (nSPS) is 14.4. The van der Waals surface area contributed by atoms with E-state index in [2.05, 4.69) is 49.0 Å². The number of anilines is 1. The monoisotopic (exact) mass is 472 g/mol. The lowest BCUT2D eigenvalue weighted by Crippen LogP contribution is -2.46. The van der Waals surface area contributed by atoms with Gasteiger partial charge in [0, 0.05) is 60.1 Å². The molecule has 1 aliphatic heterocycles. The molecule has 0 amide bonds. The van der Waals surface area contributed by atoms with Crippen molar-refractivity contribution < 1.29 is 4.39 Å². The lowest BCUT2D eigenvalue weighted by molar-refractivity contribution is 0.255. The summed E-state index contributed by atoms with van der Waals surface area (Å²) in [5.74, 6) is -0.183. The maximum atomic E-state index is 13.6. The molecule has 0 radical (unpaired) electrons. The molecular weight excluding hydrogens is 447 g/mol. The zero-order chi connectivity index (χ0) is 23.3. The predicted octanol–water partition coefficient (Wildman–Crippen LogP) is 4.87. The smallest absolute Gasteiger partial charge is 0.193 e. The summed E-state index contributed by atoms with van der Waals surface area (Å²) in [6.07, 6.45) is 5.63. The van der Waals surface area contributed by atoms with E-state index in [-0.39, 0.29) is 5.82 Å². The molecule has 8 heteroatoms. The lowest BCUT2D eigenvalue weighted by atomic mass is 10.1. The van der Waals surface area contributed by atoms with Crippen molar-refractivity contribution in [2.75, 3.05) is 37.6 Å². The van der Waals surface area contributed by atoms with Gasteiger partial charge in [-0.05, 0) is 85.2 Å². The molecule has 6 nitrogen and oxygen atoms in total. The minimum atomic E-state index is -0.183. The van der Waals surface area contributed by atoms with Crippen LogP contribution in [0.1, 0.15) is 17.7 Å². The number of halogens is 1. The van der Waals surface area contributed by atoms with Gasteiger partial charge in [-0.2, -0.15) is 5.26 Å². The van der Waals surface area contributed by atoms with Gasteiger partial charge in [-0.1, -0.05) is 0 Å². The van der Waals surface area contributed by atoms with Crippen molar-refractivity contribution in [3.63, 3.8) is 0 Å². The van der Waals surface area contributed by atoms with Crippen LogP contribution in [0, 0.1) is 17.1 Å². The van der Waals surface area contributed by atoms with E-state index in [4.69, 9.17) is 5.26 Å². The van der Waals surface area contributed by atoms with Crippen LogP contribution in [0.15, 0.2) is 71.0 Å². The maximum Gasteiger partial charge on any atom is 0.193 e. The van der Waals surface area contributed by atoms with Gasteiger partial charge in [0.1, 0.15) is 17.6 Å². The van der Waals surface area contributed by atoms with Gasteiger partial charge in [-0.15, -0.1) is 0 Å². The lowest BCUT2D eigenvalue weighted by Gasteiger charge is -2.36. The minimum Gasteiger partial charge on any atom is -0.369 e. The van der Waals surface area contributed by atoms with Gasteiger partial charge in [0.05, 0.1) is 0 Å². The first-order valence-corrected chi connectivity index (χ1v) is 12.2. The first kappa shape index (κ1) is 22.4. The fourth-order valence-electron chi connectivity index (χ4n) is 4.36. The second-order valence-corrected chi connectivity index (χ2v) is 9.41.